The van der Waals surface area contributed by atoms with Crippen molar-refractivity contribution in [2.24, 2.45) is 0 Å². The SMILES string of the molecule is C=CCn1c(SCC(=O)N(C)Cc2ccccc2)nc2ccccc21. The highest BCUT2D eigenvalue weighted by atomic mass is 32.2. The van der Waals surface area contributed by atoms with Crippen molar-refractivity contribution in [1.29, 1.82) is 0 Å². The Morgan fingerprint density at radius 3 is 2.68 bits per heavy atom. The van der Waals surface area contributed by atoms with Gasteiger partial charge in [0.2, 0.25) is 5.91 Å². The van der Waals surface area contributed by atoms with Gasteiger partial charge in [0.1, 0.15) is 0 Å². The van der Waals surface area contributed by atoms with E-state index in [4.69, 9.17) is 0 Å². The number of para-hydroxylation sites is 2. The third kappa shape index (κ3) is 4.12. The van der Waals surface area contributed by atoms with Gasteiger partial charge in [-0.15, -0.1) is 6.58 Å². The number of rotatable bonds is 7. The molecule has 3 aromatic rings. The zero-order chi connectivity index (χ0) is 17.6. The maximum atomic E-state index is 12.5. The summed E-state index contributed by atoms with van der Waals surface area (Å²) >= 11 is 1.47. The molecule has 5 heteroatoms. The van der Waals surface area contributed by atoms with E-state index in [1.54, 1.807) is 4.90 Å². The first-order valence-corrected chi connectivity index (χ1v) is 9.14. The first-order valence-electron chi connectivity index (χ1n) is 8.16. The summed E-state index contributed by atoms with van der Waals surface area (Å²) < 4.78 is 2.09. The molecule has 0 radical (unpaired) electrons. The molecule has 0 saturated carbocycles. The molecule has 0 aliphatic rings. The highest BCUT2D eigenvalue weighted by molar-refractivity contribution is 7.99. The lowest BCUT2D eigenvalue weighted by atomic mass is 10.2. The van der Waals surface area contributed by atoms with Gasteiger partial charge < -0.3 is 9.47 Å². The first-order chi connectivity index (χ1) is 12.2. The average Bonchev–Trinajstić information content (AvgIpc) is 2.98. The Balaban J connectivity index is 1.68. The average molecular weight is 351 g/mol. The minimum atomic E-state index is 0.0889. The van der Waals surface area contributed by atoms with E-state index in [2.05, 4.69) is 16.1 Å². The van der Waals surface area contributed by atoms with Crippen molar-refractivity contribution in [3.63, 3.8) is 0 Å². The number of thioether (sulfide) groups is 1. The number of hydrogen-bond donors (Lipinski definition) is 0. The fraction of sp³-hybridized carbons (Fsp3) is 0.200. The summed E-state index contributed by atoms with van der Waals surface area (Å²) in [5.74, 6) is 0.454. The van der Waals surface area contributed by atoms with Crippen LogP contribution in [0, 0.1) is 0 Å². The van der Waals surface area contributed by atoms with Gasteiger partial charge in [0.05, 0.1) is 16.8 Å². The van der Waals surface area contributed by atoms with Gasteiger partial charge in [-0.1, -0.05) is 60.3 Å². The summed E-state index contributed by atoms with van der Waals surface area (Å²) in [6.45, 7) is 5.11. The van der Waals surface area contributed by atoms with Crippen LogP contribution >= 0.6 is 11.8 Å². The van der Waals surface area contributed by atoms with Crippen LogP contribution in [0.5, 0.6) is 0 Å². The molecule has 0 N–H and O–H groups in total. The van der Waals surface area contributed by atoms with Crippen molar-refractivity contribution >= 4 is 28.7 Å². The standard InChI is InChI=1S/C20H21N3OS/c1-3-13-23-18-12-8-7-11-17(18)21-20(23)25-15-19(24)22(2)14-16-9-5-4-6-10-16/h3-12H,1,13-15H2,2H3. The maximum absolute atomic E-state index is 12.5. The van der Waals surface area contributed by atoms with E-state index in [1.165, 1.54) is 11.8 Å². The Morgan fingerprint density at radius 1 is 1.20 bits per heavy atom. The quantitative estimate of drug-likeness (QED) is 0.477. The third-order valence-electron chi connectivity index (χ3n) is 3.94. The van der Waals surface area contributed by atoms with E-state index in [9.17, 15) is 4.79 Å². The second-order valence-electron chi connectivity index (χ2n) is 5.81. The summed E-state index contributed by atoms with van der Waals surface area (Å²) in [5.41, 5.74) is 3.13. The number of carbonyl (C=O) groups is 1. The lowest BCUT2D eigenvalue weighted by molar-refractivity contribution is -0.127. The van der Waals surface area contributed by atoms with E-state index >= 15 is 0 Å². The molecule has 0 fully saturated rings. The normalized spacial score (nSPS) is 10.8. The van der Waals surface area contributed by atoms with Crippen LogP contribution in [0.1, 0.15) is 5.56 Å². The fourth-order valence-electron chi connectivity index (χ4n) is 2.65. The van der Waals surface area contributed by atoms with Crippen LogP contribution in [0.3, 0.4) is 0 Å². The van der Waals surface area contributed by atoms with Gasteiger partial charge in [-0.25, -0.2) is 4.98 Å². The number of benzene rings is 2. The number of imidazole rings is 1. The van der Waals surface area contributed by atoms with Gasteiger partial charge in [0.25, 0.3) is 0 Å². The molecule has 2 aromatic carbocycles. The van der Waals surface area contributed by atoms with Crippen molar-refractivity contribution in [1.82, 2.24) is 14.5 Å². The van der Waals surface area contributed by atoms with Crippen LogP contribution in [0.15, 0.2) is 72.4 Å². The third-order valence-corrected chi connectivity index (χ3v) is 4.91. The van der Waals surface area contributed by atoms with E-state index in [0.717, 1.165) is 21.8 Å². The van der Waals surface area contributed by atoms with Crippen molar-refractivity contribution in [2.75, 3.05) is 12.8 Å². The van der Waals surface area contributed by atoms with Gasteiger partial charge in [-0.2, -0.15) is 0 Å². The van der Waals surface area contributed by atoms with Crippen LogP contribution in [-0.4, -0.2) is 33.2 Å². The van der Waals surface area contributed by atoms with Gasteiger partial charge in [-0.05, 0) is 17.7 Å². The largest absolute Gasteiger partial charge is 0.341 e. The molecule has 0 aliphatic heterocycles. The van der Waals surface area contributed by atoms with Crippen molar-refractivity contribution in [3.8, 4) is 0 Å². The van der Waals surface area contributed by atoms with Gasteiger partial charge >= 0.3 is 0 Å². The molecule has 128 valence electrons. The molecule has 0 bridgehead atoms. The number of hydrogen-bond acceptors (Lipinski definition) is 3. The summed E-state index contributed by atoms with van der Waals surface area (Å²) in [5, 5.41) is 0.850. The molecule has 25 heavy (non-hydrogen) atoms. The van der Waals surface area contributed by atoms with Crippen LogP contribution in [0.2, 0.25) is 0 Å². The van der Waals surface area contributed by atoms with Crippen molar-refractivity contribution < 1.29 is 4.79 Å². The number of fused-ring (bicyclic) bond motifs is 1. The number of aromatic nitrogens is 2. The highest BCUT2D eigenvalue weighted by Crippen LogP contribution is 2.24. The Bertz CT molecular complexity index is 873. The van der Waals surface area contributed by atoms with E-state index in [0.29, 0.717) is 18.8 Å². The number of nitrogens with zero attached hydrogens (tertiary/aromatic N) is 3. The summed E-state index contributed by atoms with van der Waals surface area (Å²) in [6, 6.07) is 18.0. The summed E-state index contributed by atoms with van der Waals surface area (Å²) in [6.07, 6.45) is 1.85. The molecule has 0 unspecified atom stereocenters. The Kier molecular flexibility index (Phi) is 5.56. The smallest absolute Gasteiger partial charge is 0.233 e. The molecule has 0 saturated heterocycles. The number of carbonyl (C=O) groups excluding carboxylic acids is 1. The Morgan fingerprint density at radius 2 is 1.92 bits per heavy atom. The zero-order valence-corrected chi connectivity index (χ0v) is 15.1. The zero-order valence-electron chi connectivity index (χ0n) is 14.3. The monoisotopic (exact) mass is 351 g/mol. The molecular weight excluding hydrogens is 330 g/mol. The van der Waals surface area contributed by atoms with Crippen LogP contribution < -0.4 is 0 Å². The van der Waals surface area contributed by atoms with Crippen LogP contribution in [-0.2, 0) is 17.9 Å². The second-order valence-corrected chi connectivity index (χ2v) is 6.75. The number of allylic oxidation sites excluding steroid dienone is 1. The van der Waals surface area contributed by atoms with Gasteiger partial charge in [-0.3, -0.25) is 4.79 Å². The molecular formula is C20H21N3OS. The topological polar surface area (TPSA) is 38.1 Å². The summed E-state index contributed by atoms with van der Waals surface area (Å²) in [4.78, 5) is 18.9. The molecule has 0 aliphatic carbocycles. The molecule has 0 spiro atoms. The van der Waals surface area contributed by atoms with E-state index in [-0.39, 0.29) is 5.91 Å². The Labute approximate surface area is 152 Å². The molecule has 4 nitrogen and oxygen atoms in total. The van der Waals surface area contributed by atoms with Crippen molar-refractivity contribution in [2.45, 2.75) is 18.2 Å². The minimum Gasteiger partial charge on any atom is -0.341 e. The van der Waals surface area contributed by atoms with Gasteiger partial charge in [0.15, 0.2) is 5.16 Å². The first kappa shape index (κ1) is 17.3. The van der Waals surface area contributed by atoms with Gasteiger partial charge in [0, 0.05) is 20.1 Å². The lowest BCUT2D eigenvalue weighted by Gasteiger charge is -2.17. The maximum Gasteiger partial charge on any atom is 0.233 e. The van der Waals surface area contributed by atoms with Crippen LogP contribution in [0.4, 0.5) is 0 Å². The highest BCUT2D eigenvalue weighted by Gasteiger charge is 2.14. The molecule has 1 heterocycles. The minimum absolute atomic E-state index is 0.0889. The summed E-state index contributed by atoms with van der Waals surface area (Å²) in [7, 11) is 1.84. The van der Waals surface area contributed by atoms with Crippen LogP contribution in [0.25, 0.3) is 11.0 Å². The van der Waals surface area contributed by atoms with Crippen molar-refractivity contribution in [3.05, 3.63) is 72.8 Å². The second kappa shape index (κ2) is 8.03. The predicted octanol–water partition coefficient (Wildman–Crippen LogP) is 3.97. The lowest BCUT2D eigenvalue weighted by Crippen LogP contribution is -2.27. The molecule has 0 atom stereocenters. The predicted molar refractivity (Wildman–Crippen MR) is 104 cm³/mol. The fourth-order valence-corrected chi connectivity index (χ4v) is 3.62. The molecule has 1 aromatic heterocycles. The Hall–Kier alpha value is -2.53. The van der Waals surface area contributed by atoms with E-state index in [1.807, 2.05) is 67.7 Å². The van der Waals surface area contributed by atoms with E-state index < -0.39 is 0 Å². The number of amides is 1. The molecule has 1 amide bonds. The molecule has 3 rings (SSSR count).